The fourth-order valence-electron chi connectivity index (χ4n) is 3.47. The van der Waals surface area contributed by atoms with E-state index >= 15 is 0 Å². The molecule has 7 nitrogen and oxygen atoms in total. The molecule has 0 radical (unpaired) electrons. The summed E-state index contributed by atoms with van der Waals surface area (Å²) in [6.45, 7) is 2.78. The summed E-state index contributed by atoms with van der Waals surface area (Å²) in [6, 6.07) is 8.33. The van der Waals surface area contributed by atoms with E-state index in [1.165, 1.54) is 4.90 Å². The van der Waals surface area contributed by atoms with Crippen molar-refractivity contribution in [2.24, 2.45) is 0 Å². The first-order valence-corrected chi connectivity index (χ1v) is 9.89. The number of amides is 1. The molecule has 0 N–H and O–H groups in total. The fourth-order valence-corrected chi connectivity index (χ4v) is 3.47. The molecule has 0 aliphatic carbocycles. The molecule has 2 aromatic carbocycles. The van der Waals surface area contributed by atoms with E-state index in [2.05, 4.69) is 10.1 Å². The quantitative estimate of drug-likeness (QED) is 0.556. The van der Waals surface area contributed by atoms with E-state index in [0.29, 0.717) is 29.5 Å². The lowest BCUT2D eigenvalue weighted by Crippen LogP contribution is -2.24. The topological polar surface area (TPSA) is 77.7 Å². The normalized spacial score (nSPS) is 16.1. The first kappa shape index (κ1) is 20.8. The summed E-state index contributed by atoms with van der Waals surface area (Å²) in [7, 11) is 1.55. The number of aromatic nitrogens is 2. The van der Waals surface area contributed by atoms with Crippen molar-refractivity contribution in [1.29, 1.82) is 0 Å². The van der Waals surface area contributed by atoms with Crippen molar-refractivity contribution >= 4 is 11.6 Å². The molecule has 162 valence electrons. The summed E-state index contributed by atoms with van der Waals surface area (Å²) in [4.78, 5) is 18.2. The Morgan fingerprint density at radius 3 is 2.65 bits per heavy atom. The van der Waals surface area contributed by atoms with Gasteiger partial charge >= 0.3 is 0 Å². The van der Waals surface area contributed by atoms with E-state index in [4.69, 9.17) is 14.0 Å². The number of ether oxygens (including phenoxy) is 2. The smallest absolute Gasteiger partial charge is 0.232 e. The number of carbonyl (C=O) groups is 1. The highest BCUT2D eigenvalue weighted by Crippen LogP contribution is 2.35. The van der Waals surface area contributed by atoms with Crippen LogP contribution in [0.25, 0.3) is 11.4 Å². The minimum atomic E-state index is -0.744. The third-order valence-electron chi connectivity index (χ3n) is 4.96. The van der Waals surface area contributed by atoms with Crippen LogP contribution in [0.2, 0.25) is 0 Å². The van der Waals surface area contributed by atoms with Gasteiger partial charge in [-0.3, -0.25) is 4.79 Å². The van der Waals surface area contributed by atoms with E-state index in [0.717, 1.165) is 24.6 Å². The fraction of sp³-hybridized carbons (Fsp3) is 0.318. The zero-order chi connectivity index (χ0) is 22.0. The Morgan fingerprint density at radius 1 is 1.16 bits per heavy atom. The molecule has 1 aliphatic heterocycles. The minimum absolute atomic E-state index is 0.104. The number of rotatable bonds is 7. The molecule has 9 heteroatoms. The van der Waals surface area contributed by atoms with Crippen molar-refractivity contribution in [2.45, 2.75) is 25.7 Å². The second kappa shape index (κ2) is 8.71. The summed E-state index contributed by atoms with van der Waals surface area (Å²) in [5.74, 6) is -0.337. The molecule has 3 aromatic rings. The summed E-state index contributed by atoms with van der Waals surface area (Å²) < 4.78 is 43.5. The molecule has 0 spiro atoms. The maximum absolute atomic E-state index is 13.5. The Morgan fingerprint density at radius 2 is 1.94 bits per heavy atom. The highest BCUT2D eigenvalue weighted by Gasteiger charge is 2.35. The number of anilines is 1. The Balaban J connectivity index is 1.53. The van der Waals surface area contributed by atoms with Crippen LogP contribution >= 0.6 is 0 Å². The van der Waals surface area contributed by atoms with Gasteiger partial charge in [0, 0.05) is 30.3 Å². The molecule has 1 aromatic heterocycles. The molecule has 31 heavy (non-hydrogen) atoms. The highest BCUT2D eigenvalue weighted by molar-refractivity contribution is 5.96. The highest BCUT2D eigenvalue weighted by atomic mass is 19.1. The van der Waals surface area contributed by atoms with Gasteiger partial charge in [-0.15, -0.1) is 0 Å². The van der Waals surface area contributed by atoms with Crippen LogP contribution < -0.4 is 14.4 Å². The SMILES string of the molecule is CCCOc1ccc(-c2noc(C3CC(=O)N(c4cc(F)cc(F)c4)C3)n2)cc1OC. The number of benzene rings is 2. The lowest BCUT2D eigenvalue weighted by molar-refractivity contribution is -0.117. The second-order valence-corrected chi connectivity index (χ2v) is 7.20. The molecule has 0 saturated carbocycles. The Labute approximate surface area is 177 Å². The molecule has 1 unspecified atom stereocenters. The number of nitrogens with zero attached hydrogens (tertiary/aromatic N) is 3. The molecule has 0 bridgehead atoms. The standard InChI is InChI=1S/C22H21F2N3O4/c1-3-6-30-18-5-4-13(7-19(18)29-2)21-25-22(31-26-21)14-8-20(28)27(12-14)17-10-15(23)9-16(24)11-17/h4-5,7,9-11,14H,3,6,8,12H2,1-2H3. The zero-order valence-electron chi connectivity index (χ0n) is 17.1. The van der Waals surface area contributed by atoms with E-state index < -0.39 is 11.6 Å². The van der Waals surface area contributed by atoms with Crippen molar-refractivity contribution < 1.29 is 27.6 Å². The molecule has 4 rings (SSSR count). The Kier molecular flexibility index (Phi) is 5.83. The van der Waals surface area contributed by atoms with Gasteiger partial charge in [0.15, 0.2) is 11.5 Å². The predicted molar refractivity (Wildman–Crippen MR) is 108 cm³/mol. The van der Waals surface area contributed by atoms with Gasteiger partial charge in [-0.2, -0.15) is 4.98 Å². The zero-order valence-corrected chi connectivity index (χ0v) is 17.1. The molecule has 1 fully saturated rings. The largest absolute Gasteiger partial charge is 0.493 e. The monoisotopic (exact) mass is 429 g/mol. The van der Waals surface area contributed by atoms with Crippen molar-refractivity contribution in [3.63, 3.8) is 0 Å². The maximum atomic E-state index is 13.5. The van der Waals surface area contributed by atoms with Crippen LogP contribution in [-0.4, -0.2) is 36.3 Å². The first-order chi connectivity index (χ1) is 15.0. The van der Waals surface area contributed by atoms with Crippen LogP contribution in [-0.2, 0) is 4.79 Å². The van der Waals surface area contributed by atoms with Gasteiger partial charge in [0.25, 0.3) is 0 Å². The van der Waals surface area contributed by atoms with Crippen LogP contribution in [0, 0.1) is 11.6 Å². The van der Waals surface area contributed by atoms with Crippen LogP contribution in [0.4, 0.5) is 14.5 Å². The number of carbonyl (C=O) groups excluding carboxylic acids is 1. The second-order valence-electron chi connectivity index (χ2n) is 7.20. The first-order valence-electron chi connectivity index (χ1n) is 9.89. The minimum Gasteiger partial charge on any atom is -0.493 e. The molecule has 1 atom stereocenters. The van der Waals surface area contributed by atoms with Crippen LogP contribution in [0.3, 0.4) is 0 Å². The average Bonchev–Trinajstić information content (AvgIpc) is 3.38. The van der Waals surface area contributed by atoms with E-state index in [-0.39, 0.29) is 36.4 Å². The Hall–Kier alpha value is -3.49. The van der Waals surface area contributed by atoms with Crippen molar-refractivity contribution in [3.05, 3.63) is 53.9 Å². The van der Waals surface area contributed by atoms with E-state index in [1.54, 1.807) is 25.3 Å². The summed E-state index contributed by atoms with van der Waals surface area (Å²) in [5.41, 5.74) is 0.834. The van der Waals surface area contributed by atoms with Gasteiger partial charge in [0.2, 0.25) is 17.6 Å². The van der Waals surface area contributed by atoms with Crippen LogP contribution in [0.15, 0.2) is 40.9 Å². The molecule has 2 heterocycles. The van der Waals surface area contributed by atoms with Gasteiger partial charge in [0.05, 0.1) is 19.6 Å². The average molecular weight is 429 g/mol. The van der Waals surface area contributed by atoms with Crippen LogP contribution in [0.5, 0.6) is 11.5 Å². The summed E-state index contributed by atoms with van der Waals surface area (Å²) >= 11 is 0. The van der Waals surface area contributed by atoms with Crippen molar-refractivity contribution in [3.8, 4) is 22.9 Å². The third kappa shape index (κ3) is 4.35. The number of hydrogen-bond donors (Lipinski definition) is 0. The van der Waals surface area contributed by atoms with Crippen molar-refractivity contribution in [1.82, 2.24) is 10.1 Å². The maximum Gasteiger partial charge on any atom is 0.232 e. The molecular formula is C22H21F2N3O4. The lowest BCUT2D eigenvalue weighted by Gasteiger charge is -2.16. The molecular weight excluding hydrogens is 408 g/mol. The third-order valence-corrected chi connectivity index (χ3v) is 4.96. The molecule has 1 amide bonds. The number of methoxy groups -OCH3 is 1. The van der Waals surface area contributed by atoms with E-state index in [9.17, 15) is 13.6 Å². The lowest BCUT2D eigenvalue weighted by atomic mass is 10.1. The van der Waals surface area contributed by atoms with Crippen LogP contribution in [0.1, 0.15) is 31.6 Å². The van der Waals surface area contributed by atoms with Gasteiger partial charge < -0.3 is 18.9 Å². The summed E-state index contributed by atoms with van der Waals surface area (Å²) in [5, 5.41) is 4.02. The molecule has 1 saturated heterocycles. The molecule has 1 aliphatic rings. The van der Waals surface area contributed by atoms with Gasteiger partial charge in [-0.05, 0) is 36.8 Å². The predicted octanol–water partition coefficient (Wildman–Crippen LogP) is 4.33. The van der Waals surface area contributed by atoms with Gasteiger partial charge in [-0.25, -0.2) is 8.78 Å². The van der Waals surface area contributed by atoms with Gasteiger partial charge in [-0.1, -0.05) is 12.1 Å². The summed E-state index contributed by atoms with van der Waals surface area (Å²) in [6.07, 6.45) is 0.978. The number of hydrogen-bond acceptors (Lipinski definition) is 6. The number of halogens is 2. The van der Waals surface area contributed by atoms with E-state index in [1.807, 2.05) is 6.92 Å². The van der Waals surface area contributed by atoms with Crippen molar-refractivity contribution in [2.75, 3.05) is 25.2 Å². The van der Waals surface area contributed by atoms with Gasteiger partial charge in [0.1, 0.15) is 11.6 Å². The Bertz CT molecular complexity index is 1080.